The normalized spacial score (nSPS) is 10.1. The summed E-state index contributed by atoms with van der Waals surface area (Å²) >= 11 is 0. The van der Waals surface area contributed by atoms with Gasteiger partial charge < -0.3 is 5.43 Å². The maximum atomic E-state index is 9.96. The van der Waals surface area contributed by atoms with Crippen molar-refractivity contribution in [2.45, 2.75) is 0 Å². The number of anilines is 1. The molecule has 0 saturated carbocycles. The first-order valence-electron chi connectivity index (χ1n) is 3.41. The van der Waals surface area contributed by atoms with Crippen LogP contribution in [-0.4, -0.2) is 11.3 Å². The molecule has 12 heavy (non-hydrogen) atoms. The van der Waals surface area contributed by atoms with Gasteiger partial charge in [0.1, 0.15) is 12.1 Å². The van der Waals surface area contributed by atoms with E-state index in [1.807, 2.05) is 6.07 Å². The van der Waals surface area contributed by atoms with Gasteiger partial charge in [0.2, 0.25) is 0 Å². The number of allylic oxidation sites excluding steroid dienone is 1. The summed E-state index contributed by atoms with van der Waals surface area (Å²) in [5.74, 6) is 5.71. The Hall–Kier alpha value is -1.68. The van der Waals surface area contributed by atoms with Crippen molar-refractivity contribution in [3.63, 3.8) is 0 Å². The molecule has 1 rings (SSSR count). The predicted octanol–water partition coefficient (Wildman–Crippen LogP) is 0.579. The number of nitrogens with zero attached hydrogens (tertiary/aromatic N) is 1. The standard InChI is InChI=1S/C8H9N3O/c9-11-8-4-3-7(6-10-8)2-1-5-12/h1-6H,9H2,(H,10,11). The minimum Gasteiger partial charge on any atom is -0.308 e. The third kappa shape index (κ3) is 2.17. The van der Waals surface area contributed by atoms with Crippen LogP contribution in [0.3, 0.4) is 0 Å². The van der Waals surface area contributed by atoms with Crippen LogP contribution in [0.2, 0.25) is 0 Å². The van der Waals surface area contributed by atoms with Crippen molar-refractivity contribution in [2.24, 2.45) is 5.84 Å². The number of carbonyl (C=O) groups is 1. The molecule has 0 aromatic carbocycles. The molecule has 0 atom stereocenters. The van der Waals surface area contributed by atoms with E-state index in [0.717, 1.165) is 11.8 Å². The average Bonchev–Trinajstić information content (AvgIpc) is 2.15. The van der Waals surface area contributed by atoms with Crippen molar-refractivity contribution in [2.75, 3.05) is 5.43 Å². The fourth-order valence-electron chi connectivity index (χ4n) is 0.740. The molecule has 1 aromatic rings. The van der Waals surface area contributed by atoms with E-state index in [0.29, 0.717) is 5.82 Å². The third-order valence-corrected chi connectivity index (χ3v) is 1.30. The first kappa shape index (κ1) is 8.42. The van der Waals surface area contributed by atoms with E-state index in [1.165, 1.54) is 6.08 Å². The number of hydrogen-bond acceptors (Lipinski definition) is 4. The van der Waals surface area contributed by atoms with E-state index in [2.05, 4.69) is 10.4 Å². The van der Waals surface area contributed by atoms with Crippen LogP contribution in [-0.2, 0) is 4.79 Å². The molecule has 0 unspecified atom stereocenters. The maximum Gasteiger partial charge on any atom is 0.142 e. The molecule has 0 aliphatic carbocycles. The van der Waals surface area contributed by atoms with E-state index in [4.69, 9.17) is 5.84 Å². The summed E-state index contributed by atoms with van der Waals surface area (Å²) in [5.41, 5.74) is 3.27. The second-order valence-corrected chi connectivity index (χ2v) is 2.12. The van der Waals surface area contributed by atoms with Crippen molar-refractivity contribution in [1.82, 2.24) is 4.98 Å². The fourth-order valence-corrected chi connectivity index (χ4v) is 0.740. The molecule has 0 radical (unpaired) electrons. The summed E-state index contributed by atoms with van der Waals surface area (Å²) in [6.45, 7) is 0. The number of aromatic nitrogens is 1. The van der Waals surface area contributed by atoms with Crippen LogP contribution in [0, 0.1) is 0 Å². The molecular formula is C8H9N3O. The topological polar surface area (TPSA) is 68.0 Å². The first-order valence-corrected chi connectivity index (χ1v) is 3.41. The molecule has 0 amide bonds. The zero-order valence-electron chi connectivity index (χ0n) is 6.40. The average molecular weight is 163 g/mol. The van der Waals surface area contributed by atoms with E-state index >= 15 is 0 Å². The van der Waals surface area contributed by atoms with Gasteiger partial charge in [-0.1, -0.05) is 6.08 Å². The third-order valence-electron chi connectivity index (χ3n) is 1.30. The van der Waals surface area contributed by atoms with Gasteiger partial charge in [-0.25, -0.2) is 10.8 Å². The SMILES string of the molecule is NNc1ccc(C=CC=O)cn1. The van der Waals surface area contributed by atoms with Gasteiger partial charge in [-0.15, -0.1) is 0 Å². The number of nitrogen functional groups attached to an aromatic ring is 1. The van der Waals surface area contributed by atoms with Crippen LogP contribution in [0.1, 0.15) is 5.56 Å². The Morgan fingerprint density at radius 2 is 2.33 bits per heavy atom. The number of aldehydes is 1. The van der Waals surface area contributed by atoms with Gasteiger partial charge in [-0.3, -0.25) is 4.79 Å². The molecule has 3 N–H and O–H groups in total. The minimum absolute atomic E-state index is 0.596. The molecule has 0 aliphatic heterocycles. The lowest BCUT2D eigenvalue weighted by Crippen LogP contribution is -2.07. The summed E-state index contributed by atoms with van der Waals surface area (Å²) in [5, 5.41) is 0. The van der Waals surface area contributed by atoms with Crippen molar-refractivity contribution in [3.8, 4) is 0 Å². The summed E-state index contributed by atoms with van der Waals surface area (Å²) in [4.78, 5) is 13.9. The number of hydrazine groups is 1. The van der Waals surface area contributed by atoms with Gasteiger partial charge >= 0.3 is 0 Å². The Kier molecular flexibility index (Phi) is 2.98. The highest BCUT2D eigenvalue weighted by Gasteiger charge is 1.88. The van der Waals surface area contributed by atoms with Crippen LogP contribution < -0.4 is 11.3 Å². The second kappa shape index (κ2) is 4.25. The number of nitrogens with one attached hydrogen (secondary N) is 1. The zero-order chi connectivity index (χ0) is 8.81. The molecule has 4 nitrogen and oxygen atoms in total. The summed E-state index contributed by atoms with van der Waals surface area (Å²) in [7, 11) is 0. The number of nitrogens with two attached hydrogens (primary N) is 1. The molecule has 0 aliphatic rings. The summed E-state index contributed by atoms with van der Waals surface area (Å²) < 4.78 is 0. The highest BCUT2D eigenvalue weighted by Crippen LogP contribution is 2.04. The van der Waals surface area contributed by atoms with Crippen LogP contribution >= 0.6 is 0 Å². The molecule has 0 fully saturated rings. The number of rotatable bonds is 3. The van der Waals surface area contributed by atoms with E-state index in [-0.39, 0.29) is 0 Å². The van der Waals surface area contributed by atoms with Gasteiger partial charge in [-0.05, 0) is 23.8 Å². The molecule has 0 saturated heterocycles. The van der Waals surface area contributed by atoms with Gasteiger partial charge in [0.15, 0.2) is 0 Å². The monoisotopic (exact) mass is 163 g/mol. The molecule has 1 aromatic heterocycles. The van der Waals surface area contributed by atoms with E-state index in [9.17, 15) is 4.79 Å². The Balaban J connectivity index is 2.77. The van der Waals surface area contributed by atoms with Crippen LogP contribution in [0.4, 0.5) is 5.82 Å². The van der Waals surface area contributed by atoms with Gasteiger partial charge in [0.05, 0.1) is 0 Å². The zero-order valence-corrected chi connectivity index (χ0v) is 6.40. The fraction of sp³-hybridized carbons (Fsp3) is 0. The van der Waals surface area contributed by atoms with Crippen molar-refractivity contribution in [3.05, 3.63) is 30.0 Å². The lowest BCUT2D eigenvalue weighted by atomic mass is 10.2. The quantitative estimate of drug-likeness (QED) is 0.296. The smallest absolute Gasteiger partial charge is 0.142 e. The molecular weight excluding hydrogens is 154 g/mol. The number of hydrogen-bond donors (Lipinski definition) is 2. The molecule has 1 heterocycles. The largest absolute Gasteiger partial charge is 0.308 e. The van der Waals surface area contributed by atoms with Crippen molar-refractivity contribution in [1.29, 1.82) is 0 Å². The molecule has 0 spiro atoms. The van der Waals surface area contributed by atoms with Crippen LogP contribution in [0.25, 0.3) is 6.08 Å². The number of carbonyl (C=O) groups excluding carboxylic acids is 1. The summed E-state index contributed by atoms with van der Waals surface area (Å²) in [6, 6.07) is 3.53. The van der Waals surface area contributed by atoms with Gasteiger partial charge in [-0.2, -0.15) is 0 Å². The molecule has 0 bridgehead atoms. The van der Waals surface area contributed by atoms with Crippen LogP contribution in [0.15, 0.2) is 24.4 Å². The van der Waals surface area contributed by atoms with Crippen LogP contribution in [0.5, 0.6) is 0 Å². The molecule has 4 heteroatoms. The summed E-state index contributed by atoms with van der Waals surface area (Å²) in [6.07, 6.45) is 5.41. The minimum atomic E-state index is 0.596. The Morgan fingerprint density at radius 3 is 2.83 bits per heavy atom. The number of pyridine rings is 1. The van der Waals surface area contributed by atoms with E-state index in [1.54, 1.807) is 18.3 Å². The lowest BCUT2D eigenvalue weighted by Gasteiger charge is -1.97. The Labute approximate surface area is 70.1 Å². The predicted molar refractivity (Wildman–Crippen MR) is 47.1 cm³/mol. The second-order valence-electron chi connectivity index (χ2n) is 2.12. The van der Waals surface area contributed by atoms with E-state index < -0.39 is 0 Å². The Bertz CT molecular complexity index is 279. The van der Waals surface area contributed by atoms with Gasteiger partial charge in [0, 0.05) is 6.20 Å². The van der Waals surface area contributed by atoms with Crippen molar-refractivity contribution >= 4 is 18.2 Å². The highest BCUT2D eigenvalue weighted by molar-refractivity contribution is 5.73. The van der Waals surface area contributed by atoms with Gasteiger partial charge in [0.25, 0.3) is 0 Å². The first-order chi connectivity index (χ1) is 5.86. The Morgan fingerprint density at radius 1 is 1.50 bits per heavy atom. The maximum absolute atomic E-state index is 9.96. The van der Waals surface area contributed by atoms with Crippen molar-refractivity contribution < 1.29 is 4.79 Å². The molecule has 62 valence electrons. The highest BCUT2D eigenvalue weighted by atomic mass is 16.1. The lowest BCUT2D eigenvalue weighted by molar-refractivity contribution is -0.104.